The van der Waals surface area contributed by atoms with Gasteiger partial charge in [-0.3, -0.25) is 4.99 Å². The fourth-order valence-corrected chi connectivity index (χ4v) is 0.323. The van der Waals surface area contributed by atoms with E-state index in [4.69, 9.17) is 19.8 Å². The SMILES string of the molecule is C1=NCCN1.CC(=O)[O-].CC(=O)[O-].[Na+].[Na+]. The number of carboxylic acid groups (broad SMARTS) is 2. The van der Waals surface area contributed by atoms with Crippen LogP contribution >= 0.6 is 0 Å². The Balaban J connectivity index is -0.0000000575. The number of rotatable bonds is 0. The summed E-state index contributed by atoms with van der Waals surface area (Å²) in [5.74, 6) is -2.17. The fourth-order valence-electron chi connectivity index (χ4n) is 0.323. The van der Waals surface area contributed by atoms with Crippen molar-refractivity contribution in [1.29, 1.82) is 0 Å². The summed E-state index contributed by atoms with van der Waals surface area (Å²) in [7, 11) is 0. The molecule has 1 N–H and O–H groups in total. The van der Waals surface area contributed by atoms with E-state index in [0.717, 1.165) is 26.9 Å². The normalized spacial score (nSPS) is 9.73. The molecule has 0 aromatic rings. The molecule has 0 amide bonds. The molecule has 1 aliphatic heterocycles. The van der Waals surface area contributed by atoms with Crippen molar-refractivity contribution in [1.82, 2.24) is 5.32 Å². The quantitative estimate of drug-likeness (QED) is 0.419. The van der Waals surface area contributed by atoms with Crippen molar-refractivity contribution in [2.45, 2.75) is 13.8 Å². The van der Waals surface area contributed by atoms with Crippen LogP contribution in [0, 0.1) is 0 Å². The number of aliphatic imine (C=N–C) groups is 1. The van der Waals surface area contributed by atoms with E-state index in [1.807, 2.05) is 0 Å². The molecule has 0 aromatic carbocycles. The van der Waals surface area contributed by atoms with Crippen molar-refractivity contribution in [3.8, 4) is 0 Å². The molecule has 0 spiro atoms. The zero-order valence-corrected chi connectivity index (χ0v) is 13.6. The number of carbonyl (C=O) groups excluding carboxylic acids is 2. The molecule has 0 saturated carbocycles. The third kappa shape index (κ3) is 75.8. The van der Waals surface area contributed by atoms with Gasteiger partial charge in [-0.1, -0.05) is 0 Å². The molecular weight excluding hydrogens is 222 g/mol. The van der Waals surface area contributed by atoms with Gasteiger partial charge in [0.2, 0.25) is 0 Å². The molecule has 76 valence electrons. The van der Waals surface area contributed by atoms with Crippen LogP contribution in [0.5, 0.6) is 0 Å². The predicted molar refractivity (Wildman–Crippen MR) is 42.7 cm³/mol. The minimum absolute atomic E-state index is 0. The van der Waals surface area contributed by atoms with Gasteiger partial charge in [0.05, 0.1) is 12.9 Å². The number of carboxylic acids is 2. The van der Waals surface area contributed by atoms with Crippen LogP contribution in [0.1, 0.15) is 13.8 Å². The molecule has 0 aromatic heterocycles. The van der Waals surface area contributed by atoms with Crippen LogP contribution in [0.4, 0.5) is 0 Å². The maximum atomic E-state index is 8.89. The molecule has 0 saturated heterocycles. The molecule has 15 heavy (non-hydrogen) atoms. The first kappa shape index (κ1) is 24.6. The maximum Gasteiger partial charge on any atom is 1.00 e. The van der Waals surface area contributed by atoms with Gasteiger partial charge in [-0.15, -0.1) is 0 Å². The Hall–Kier alpha value is 0.410. The zero-order chi connectivity index (χ0) is 10.7. The minimum Gasteiger partial charge on any atom is -0.550 e. The van der Waals surface area contributed by atoms with Crippen LogP contribution in [-0.4, -0.2) is 31.4 Å². The van der Waals surface area contributed by atoms with Gasteiger partial charge in [0.25, 0.3) is 0 Å². The molecule has 6 nitrogen and oxygen atoms in total. The summed E-state index contributed by atoms with van der Waals surface area (Å²) in [6.07, 6.45) is 1.74. The van der Waals surface area contributed by atoms with Gasteiger partial charge in [0, 0.05) is 18.5 Å². The monoisotopic (exact) mass is 234 g/mol. The van der Waals surface area contributed by atoms with Gasteiger partial charge < -0.3 is 25.1 Å². The van der Waals surface area contributed by atoms with Gasteiger partial charge in [-0.25, -0.2) is 0 Å². The number of hydrogen-bond donors (Lipinski definition) is 1. The molecule has 8 heteroatoms. The van der Waals surface area contributed by atoms with Gasteiger partial charge in [-0.05, 0) is 13.8 Å². The second-order valence-corrected chi connectivity index (χ2v) is 1.97. The van der Waals surface area contributed by atoms with Crippen LogP contribution in [0.3, 0.4) is 0 Å². The number of carbonyl (C=O) groups is 2. The number of hydrogen-bond acceptors (Lipinski definition) is 6. The standard InChI is InChI=1S/C3H6N2.2C2H4O2.2Na/c1-2-5-3-4-1;2*1-2(3)4;;/h3H,1-2H2,(H,4,5);2*1H3,(H,3,4);;/q;;;2*+1/p-2. The molecular formula is C7H12N2Na2O4. The summed E-state index contributed by atoms with van der Waals surface area (Å²) in [5.41, 5.74) is 0. The Morgan fingerprint density at radius 2 is 1.53 bits per heavy atom. The summed E-state index contributed by atoms with van der Waals surface area (Å²) < 4.78 is 0. The van der Waals surface area contributed by atoms with E-state index in [9.17, 15) is 0 Å². The first-order valence-corrected chi connectivity index (χ1v) is 3.53. The van der Waals surface area contributed by atoms with Gasteiger partial charge in [-0.2, -0.15) is 0 Å². The Bertz CT molecular complexity index is 162. The predicted octanol–water partition coefficient (Wildman–Crippen LogP) is -8.86. The number of aliphatic carboxylic acids is 2. The molecule has 0 radical (unpaired) electrons. The summed E-state index contributed by atoms with van der Waals surface area (Å²) in [6.45, 7) is 3.93. The Kier molecular flexibility index (Phi) is 32.6. The van der Waals surface area contributed by atoms with Crippen molar-refractivity contribution < 1.29 is 78.9 Å². The molecule has 0 aliphatic carbocycles. The Morgan fingerprint density at radius 3 is 1.60 bits per heavy atom. The first-order valence-electron chi connectivity index (χ1n) is 3.53. The Labute approximate surface area is 133 Å². The summed E-state index contributed by atoms with van der Waals surface area (Å²) in [6, 6.07) is 0. The van der Waals surface area contributed by atoms with Crippen molar-refractivity contribution in [2.75, 3.05) is 13.1 Å². The molecule has 1 heterocycles. The first-order chi connectivity index (χ1) is 5.96. The van der Waals surface area contributed by atoms with E-state index in [1.165, 1.54) is 0 Å². The zero-order valence-electron chi connectivity index (χ0n) is 9.57. The molecule has 0 fully saturated rings. The molecule has 0 unspecified atom stereocenters. The van der Waals surface area contributed by atoms with Crippen molar-refractivity contribution in [3.05, 3.63) is 0 Å². The van der Waals surface area contributed by atoms with Crippen LogP contribution in [0.2, 0.25) is 0 Å². The average Bonchev–Trinajstić information content (AvgIpc) is 2.35. The van der Waals surface area contributed by atoms with E-state index < -0.39 is 11.9 Å². The van der Waals surface area contributed by atoms with E-state index in [-0.39, 0.29) is 59.1 Å². The van der Waals surface area contributed by atoms with Gasteiger partial charge >= 0.3 is 59.1 Å². The summed E-state index contributed by atoms with van der Waals surface area (Å²) in [5, 5.41) is 20.7. The van der Waals surface area contributed by atoms with E-state index in [1.54, 1.807) is 6.34 Å². The van der Waals surface area contributed by atoms with Crippen LogP contribution in [0.15, 0.2) is 4.99 Å². The van der Waals surface area contributed by atoms with Crippen LogP contribution < -0.4 is 74.6 Å². The smallest absolute Gasteiger partial charge is 0.550 e. The van der Waals surface area contributed by atoms with Crippen molar-refractivity contribution in [3.63, 3.8) is 0 Å². The van der Waals surface area contributed by atoms with Crippen LogP contribution in [0.25, 0.3) is 0 Å². The Morgan fingerprint density at radius 1 is 1.20 bits per heavy atom. The molecule has 1 rings (SSSR count). The fraction of sp³-hybridized carbons (Fsp3) is 0.571. The largest absolute Gasteiger partial charge is 1.00 e. The van der Waals surface area contributed by atoms with E-state index in [0.29, 0.717) is 0 Å². The van der Waals surface area contributed by atoms with Crippen molar-refractivity contribution >= 4 is 18.3 Å². The van der Waals surface area contributed by atoms with Crippen molar-refractivity contribution in [2.24, 2.45) is 4.99 Å². The number of nitrogens with zero attached hydrogens (tertiary/aromatic N) is 1. The van der Waals surface area contributed by atoms with E-state index in [2.05, 4.69) is 10.3 Å². The maximum absolute atomic E-state index is 8.89. The van der Waals surface area contributed by atoms with Gasteiger partial charge in [0.1, 0.15) is 0 Å². The molecule has 1 aliphatic rings. The van der Waals surface area contributed by atoms with Crippen LogP contribution in [-0.2, 0) is 9.59 Å². The second-order valence-electron chi connectivity index (χ2n) is 1.97. The summed E-state index contributed by atoms with van der Waals surface area (Å²) in [4.78, 5) is 21.6. The second kappa shape index (κ2) is 19.9. The third-order valence-corrected chi connectivity index (χ3v) is 0.568. The minimum atomic E-state index is -1.08. The topological polar surface area (TPSA) is 105 Å². The average molecular weight is 234 g/mol. The van der Waals surface area contributed by atoms with Gasteiger partial charge in [0.15, 0.2) is 0 Å². The molecule has 0 atom stereocenters. The molecule has 0 bridgehead atoms. The van der Waals surface area contributed by atoms with E-state index >= 15 is 0 Å². The number of nitrogens with one attached hydrogen (secondary N) is 1. The summed E-state index contributed by atoms with van der Waals surface area (Å²) >= 11 is 0. The third-order valence-electron chi connectivity index (χ3n) is 0.568.